The van der Waals surface area contributed by atoms with E-state index in [2.05, 4.69) is 23.5 Å². The molecule has 0 atom stereocenters. The Morgan fingerprint density at radius 2 is 2.19 bits per heavy atom. The number of anilines is 1. The molecule has 88 valence electrons. The lowest BCUT2D eigenvalue weighted by Crippen LogP contribution is -2.20. The summed E-state index contributed by atoms with van der Waals surface area (Å²) in [6.45, 7) is 4.82. The van der Waals surface area contributed by atoms with E-state index in [1.165, 1.54) is 29.7 Å². The first-order chi connectivity index (χ1) is 7.56. The van der Waals surface area contributed by atoms with Gasteiger partial charge in [0, 0.05) is 12.2 Å². The third-order valence-corrected chi connectivity index (χ3v) is 3.17. The van der Waals surface area contributed by atoms with Crippen molar-refractivity contribution >= 4 is 5.69 Å². The first-order valence-electron chi connectivity index (χ1n) is 6.13. The van der Waals surface area contributed by atoms with Gasteiger partial charge >= 0.3 is 0 Å². The molecule has 0 amide bonds. The van der Waals surface area contributed by atoms with Gasteiger partial charge in [0.1, 0.15) is 0 Å². The fourth-order valence-electron chi connectivity index (χ4n) is 2.23. The van der Waals surface area contributed by atoms with Gasteiger partial charge in [-0.3, -0.25) is 0 Å². The minimum Gasteiger partial charge on any atom is -0.390 e. The summed E-state index contributed by atoms with van der Waals surface area (Å²) < 4.78 is 0. The standard InChI is InChI=1S/C14H21NO/c1-14(2,16)9-8-12-6-3-5-11-7-4-10-15-13(11)12/h3,5-6,15-16H,4,7-10H2,1-2H3. The van der Waals surface area contributed by atoms with Crippen LogP contribution in [0.5, 0.6) is 0 Å². The van der Waals surface area contributed by atoms with E-state index in [0.29, 0.717) is 0 Å². The molecule has 1 aliphatic rings. The monoisotopic (exact) mass is 219 g/mol. The van der Waals surface area contributed by atoms with Crippen LogP contribution in [0.3, 0.4) is 0 Å². The fourth-order valence-corrected chi connectivity index (χ4v) is 2.23. The van der Waals surface area contributed by atoms with Crippen LogP contribution in [0, 0.1) is 0 Å². The van der Waals surface area contributed by atoms with Crippen LogP contribution < -0.4 is 5.32 Å². The molecule has 0 saturated heterocycles. The number of hydrogen-bond acceptors (Lipinski definition) is 2. The second-order valence-corrected chi connectivity index (χ2v) is 5.29. The zero-order valence-electron chi connectivity index (χ0n) is 10.2. The number of benzene rings is 1. The number of rotatable bonds is 3. The molecule has 2 N–H and O–H groups in total. The molecule has 0 radical (unpaired) electrons. The molecule has 1 aromatic carbocycles. The van der Waals surface area contributed by atoms with Gasteiger partial charge < -0.3 is 10.4 Å². The normalized spacial score (nSPS) is 15.4. The summed E-state index contributed by atoms with van der Waals surface area (Å²) >= 11 is 0. The van der Waals surface area contributed by atoms with E-state index < -0.39 is 5.60 Å². The predicted molar refractivity (Wildman–Crippen MR) is 67.9 cm³/mol. The Balaban J connectivity index is 2.15. The van der Waals surface area contributed by atoms with Crippen molar-refractivity contribution in [3.05, 3.63) is 29.3 Å². The van der Waals surface area contributed by atoms with Crippen molar-refractivity contribution < 1.29 is 5.11 Å². The third kappa shape index (κ3) is 2.76. The SMILES string of the molecule is CC(C)(O)CCc1cccc2c1NCCC2. The molecule has 0 bridgehead atoms. The van der Waals surface area contributed by atoms with Crippen molar-refractivity contribution in [3.8, 4) is 0 Å². The number of aryl methyl sites for hydroxylation is 2. The summed E-state index contributed by atoms with van der Waals surface area (Å²) in [6, 6.07) is 6.50. The van der Waals surface area contributed by atoms with Gasteiger partial charge in [-0.25, -0.2) is 0 Å². The molecule has 2 heteroatoms. The Labute approximate surface area is 97.7 Å². The maximum atomic E-state index is 9.76. The van der Waals surface area contributed by atoms with Crippen molar-refractivity contribution in [2.45, 2.75) is 45.1 Å². The summed E-state index contributed by atoms with van der Waals surface area (Å²) in [7, 11) is 0. The van der Waals surface area contributed by atoms with E-state index in [-0.39, 0.29) is 0 Å². The van der Waals surface area contributed by atoms with Crippen LogP contribution in [0.1, 0.15) is 37.8 Å². The quantitative estimate of drug-likeness (QED) is 0.819. The Hall–Kier alpha value is -1.02. The summed E-state index contributed by atoms with van der Waals surface area (Å²) in [4.78, 5) is 0. The van der Waals surface area contributed by atoms with Crippen LogP contribution in [0.2, 0.25) is 0 Å². The van der Waals surface area contributed by atoms with Gasteiger partial charge in [-0.05, 0) is 50.7 Å². The summed E-state index contributed by atoms with van der Waals surface area (Å²) in [5.74, 6) is 0. The van der Waals surface area contributed by atoms with Crippen molar-refractivity contribution in [2.75, 3.05) is 11.9 Å². The van der Waals surface area contributed by atoms with Gasteiger partial charge in [0.15, 0.2) is 0 Å². The average Bonchev–Trinajstić information content (AvgIpc) is 2.25. The minimum absolute atomic E-state index is 0.572. The van der Waals surface area contributed by atoms with Crippen molar-refractivity contribution in [3.63, 3.8) is 0 Å². The van der Waals surface area contributed by atoms with Crippen LogP contribution in [0.4, 0.5) is 5.69 Å². The molecule has 0 saturated carbocycles. The van der Waals surface area contributed by atoms with Crippen LogP contribution in [0.15, 0.2) is 18.2 Å². The van der Waals surface area contributed by atoms with Crippen LogP contribution in [0.25, 0.3) is 0 Å². The Bertz CT molecular complexity index is 365. The van der Waals surface area contributed by atoms with Crippen LogP contribution in [-0.2, 0) is 12.8 Å². The lowest BCUT2D eigenvalue weighted by molar-refractivity contribution is 0.0714. The number of nitrogens with one attached hydrogen (secondary N) is 1. The molecule has 0 aromatic heterocycles. The smallest absolute Gasteiger partial charge is 0.0595 e. The summed E-state index contributed by atoms with van der Waals surface area (Å²) in [6.07, 6.45) is 4.16. The fraction of sp³-hybridized carbons (Fsp3) is 0.571. The molecule has 2 rings (SSSR count). The topological polar surface area (TPSA) is 32.3 Å². The highest BCUT2D eigenvalue weighted by molar-refractivity contribution is 5.59. The van der Waals surface area contributed by atoms with E-state index >= 15 is 0 Å². The van der Waals surface area contributed by atoms with Crippen LogP contribution in [-0.4, -0.2) is 17.3 Å². The van der Waals surface area contributed by atoms with Crippen molar-refractivity contribution in [2.24, 2.45) is 0 Å². The van der Waals surface area contributed by atoms with E-state index in [9.17, 15) is 5.11 Å². The molecule has 0 aliphatic carbocycles. The van der Waals surface area contributed by atoms with Gasteiger partial charge in [0.05, 0.1) is 5.60 Å². The largest absolute Gasteiger partial charge is 0.390 e. The summed E-state index contributed by atoms with van der Waals surface area (Å²) in [5, 5.41) is 13.2. The molecule has 0 fully saturated rings. The highest BCUT2D eigenvalue weighted by atomic mass is 16.3. The number of para-hydroxylation sites is 1. The number of aliphatic hydroxyl groups is 1. The maximum Gasteiger partial charge on any atom is 0.0595 e. The van der Waals surface area contributed by atoms with E-state index in [0.717, 1.165) is 19.4 Å². The predicted octanol–water partition coefficient (Wildman–Crippen LogP) is 2.75. The Morgan fingerprint density at radius 1 is 1.38 bits per heavy atom. The highest BCUT2D eigenvalue weighted by Gasteiger charge is 2.16. The first-order valence-corrected chi connectivity index (χ1v) is 6.13. The van der Waals surface area contributed by atoms with Crippen molar-refractivity contribution in [1.82, 2.24) is 0 Å². The Kier molecular flexibility index (Phi) is 3.20. The van der Waals surface area contributed by atoms with Gasteiger partial charge in [0.25, 0.3) is 0 Å². The second kappa shape index (κ2) is 4.46. The minimum atomic E-state index is -0.572. The van der Waals surface area contributed by atoms with E-state index in [1.54, 1.807) is 0 Å². The maximum absolute atomic E-state index is 9.76. The average molecular weight is 219 g/mol. The third-order valence-electron chi connectivity index (χ3n) is 3.17. The summed E-state index contributed by atoms with van der Waals surface area (Å²) in [5.41, 5.74) is 3.52. The molecule has 1 aromatic rings. The number of hydrogen-bond donors (Lipinski definition) is 2. The van der Waals surface area contributed by atoms with Gasteiger partial charge in [-0.2, -0.15) is 0 Å². The number of fused-ring (bicyclic) bond motifs is 1. The zero-order chi connectivity index (χ0) is 11.6. The molecule has 1 heterocycles. The zero-order valence-corrected chi connectivity index (χ0v) is 10.2. The molecular formula is C14H21NO. The van der Waals surface area contributed by atoms with E-state index in [4.69, 9.17) is 0 Å². The Morgan fingerprint density at radius 3 is 2.94 bits per heavy atom. The molecule has 2 nitrogen and oxygen atoms in total. The molecule has 16 heavy (non-hydrogen) atoms. The molecular weight excluding hydrogens is 198 g/mol. The lowest BCUT2D eigenvalue weighted by atomic mass is 9.93. The lowest BCUT2D eigenvalue weighted by Gasteiger charge is -2.23. The highest BCUT2D eigenvalue weighted by Crippen LogP contribution is 2.28. The van der Waals surface area contributed by atoms with Gasteiger partial charge in [-0.1, -0.05) is 18.2 Å². The van der Waals surface area contributed by atoms with Gasteiger partial charge in [-0.15, -0.1) is 0 Å². The second-order valence-electron chi connectivity index (χ2n) is 5.29. The first kappa shape index (κ1) is 11.5. The van der Waals surface area contributed by atoms with E-state index in [1.807, 2.05) is 13.8 Å². The van der Waals surface area contributed by atoms with Gasteiger partial charge in [0.2, 0.25) is 0 Å². The molecule has 0 unspecified atom stereocenters. The molecule has 0 spiro atoms. The van der Waals surface area contributed by atoms with Crippen LogP contribution >= 0.6 is 0 Å². The van der Waals surface area contributed by atoms with Crippen molar-refractivity contribution in [1.29, 1.82) is 0 Å². The molecule has 1 aliphatic heterocycles.